The predicted molar refractivity (Wildman–Crippen MR) is 77.6 cm³/mol. The normalized spacial score (nSPS) is 16.3. The van der Waals surface area contributed by atoms with Crippen molar-refractivity contribution in [1.82, 2.24) is 5.32 Å². The average Bonchev–Trinajstić information content (AvgIpc) is 3.17. The van der Waals surface area contributed by atoms with Crippen molar-refractivity contribution in [3.63, 3.8) is 0 Å². The van der Waals surface area contributed by atoms with Crippen LogP contribution in [-0.4, -0.2) is 24.6 Å². The number of carbonyl (C=O) groups excluding carboxylic acids is 1. The summed E-state index contributed by atoms with van der Waals surface area (Å²) in [6.07, 6.45) is 5.40. The fraction of sp³-hybridized carbons (Fsp3) is 0.500. The Labute approximate surface area is 117 Å². The van der Waals surface area contributed by atoms with Gasteiger partial charge in [0, 0.05) is 22.9 Å². The lowest BCUT2D eigenvalue weighted by molar-refractivity contribution is 0.0944. The SMILES string of the molecule is CSc1ccc(C(=O)NCC2(CCCl)CC2)cc1. The minimum atomic E-state index is 0.0171. The zero-order chi connectivity index (χ0) is 13.0. The van der Waals surface area contributed by atoms with Crippen molar-refractivity contribution < 1.29 is 4.79 Å². The van der Waals surface area contributed by atoms with Crippen molar-refractivity contribution in [2.75, 3.05) is 18.7 Å². The van der Waals surface area contributed by atoms with E-state index < -0.39 is 0 Å². The number of nitrogens with one attached hydrogen (secondary N) is 1. The maximum atomic E-state index is 12.0. The highest BCUT2D eigenvalue weighted by Crippen LogP contribution is 2.48. The van der Waals surface area contributed by atoms with E-state index in [4.69, 9.17) is 11.6 Å². The smallest absolute Gasteiger partial charge is 0.251 e. The third kappa shape index (κ3) is 3.42. The molecule has 0 bridgehead atoms. The summed E-state index contributed by atoms with van der Waals surface area (Å²) in [5, 5.41) is 3.02. The number of hydrogen-bond donors (Lipinski definition) is 1. The first-order valence-electron chi connectivity index (χ1n) is 6.17. The molecule has 18 heavy (non-hydrogen) atoms. The molecule has 0 spiro atoms. The van der Waals surface area contributed by atoms with Crippen LogP contribution in [0.1, 0.15) is 29.6 Å². The molecular formula is C14H18ClNOS. The van der Waals surface area contributed by atoms with Crippen molar-refractivity contribution in [2.45, 2.75) is 24.2 Å². The summed E-state index contributed by atoms with van der Waals surface area (Å²) in [5.74, 6) is 0.696. The van der Waals surface area contributed by atoms with E-state index in [0.29, 0.717) is 5.88 Å². The van der Waals surface area contributed by atoms with Crippen molar-refractivity contribution >= 4 is 29.3 Å². The lowest BCUT2D eigenvalue weighted by Gasteiger charge is -2.14. The van der Waals surface area contributed by atoms with Crippen LogP contribution in [0.3, 0.4) is 0 Å². The Balaban J connectivity index is 1.87. The van der Waals surface area contributed by atoms with Gasteiger partial charge in [0.25, 0.3) is 5.91 Å². The van der Waals surface area contributed by atoms with Gasteiger partial charge in [-0.3, -0.25) is 4.79 Å². The quantitative estimate of drug-likeness (QED) is 0.639. The van der Waals surface area contributed by atoms with Crippen molar-refractivity contribution in [1.29, 1.82) is 0 Å². The van der Waals surface area contributed by atoms with Gasteiger partial charge in [-0.25, -0.2) is 0 Å². The number of thioether (sulfide) groups is 1. The maximum Gasteiger partial charge on any atom is 0.251 e. The standard InChI is InChI=1S/C14H18ClNOS/c1-18-12-4-2-11(3-5-12)13(17)16-10-14(6-7-14)8-9-15/h2-5H,6-10H2,1H3,(H,16,17). The van der Waals surface area contributed by atoms with Crippen molar-refractivity contribution in [3.8, 4) is 0 Å². The highest BCUT2D eigenvalue weighted by atomic mass is 35.5. The number of alkyl halides is 1. The molecule has 1 amide bonds. The van der Waals surface area contributed by atoms with Crippen LogP contribution in [0.5, 0.6) is 0 Å². The van der Waals surface area contributed by atoms with Gasteiger partial charge in [0.1, 0.15) is 0 Å². The molecule has 0 aliphatic heterocycles. The average molecular weight is 284 g/mol. The highest BCUT2D eigenvalue weighted by Gasteiger charge is 2.41. The van der Waals surface area contributed by atoms with Gasteiger partial charge in [0.15, 0.2) is 0 Å². The fourth-order valence-electron chi connectivity index (χ4n) is 2.00. The molecule has 0 radical (unpaired) electrons. The van der Waals surface area contributed by atoms with Gasteiger partial charge in [0.2, 0.25) is 0 Å². The second-order valence-electron chi connectivity index (χ2n) is 4.85. The van der Waals surface area contributed by atoms with Gasteiger partial charge in [-0.1, -0.05) is 0 Å². The van der Waals surface area contributed by atoms with E-state index in [1.165, 1.54) is 17.7 Å². The molecule has 98 valence electrons. The van der Waals surface area contributed by atoms with Gasteiger partial charge in [0.05, 0.1) is 0 Å². The van der Waals surface area contributed by atoms with Crippen LogP contribution in [0.15, 0.2) is 29.2 Å². The van der Waals surface area contributed by atoms with Crippen LogP contribution >= 0.6 is 23.4 Å². The van der Waals surface area contributed by atoms with Gasteiger partial charge in [-0.2, -0.15) is 0 Å². The molecule has 1 N–H and O–H groups in total. The molecule has 4 heteroatoms. The highest BCUT2D eigenvalue weighted by molar-refractivity contribution is 7.98. The van der Waals surface area contributed by atoms with E-state index >= 15 is 0 Å². The minimum absolute atomic E-state index is 0.0171. The topological polar surface area (TPSA) is 29.1 Å². The second kappa shape index (κ2) is 5.98. The Morgan fingerprint density at radius 2 is 2.06 bits per heavy atom. The van der Waals surface area contributed by atoms with Crippen LogP contribution in [-0.2, 0) is 0 Å². The molecule has 0 heterocycles. The Kier molecular flexibility index (Phi) is 4.57. The summed E-state index contributed by atoms with van der Waals surface area (Å²) in [6.45, 7) is 0.753. The van der Waals surface area contributed by atoms with E-state index in [9.17, 15) is 4.79 Å². The molecule has 1 fully saturated rings. The lowest BCUT2D eigenvalue weighted by Crippen LogP contribution is -2.30. The van der Waals surface area contributed by atoms with E-state index in [-0.39, 0.29) is 11.3 Å². The Morgan fingerprint density at radius 3 is 2.56 bits per heavy atom. The summed E-state index contributed by atoms with van der Waals surface area (Å²) in [7, 11) is 0. The first kappa shape index (κ1) is 13.8. The minimum Gasteiger partial charge on any atom is -0.351 e. The number of benzene rings is 1. The molecule has 1 saturated carbocycles. The first-order chi connectivity index (χ1) is 8.69. The van der Waals surface area contributed by atoms with Gasteiger partial charge < -0.3 is 5.32 Å². The van der Waals surface area contributed by atoms with Crippen LogP contribution in [0.25, 0.3) is 0 Å². The molecule has 0 unspecified atom stereocenters. The van der Waals surface area contributed by atoms with E-state index in [1.807, 2.05) is 30.5 Å². The first-order valence-corrected chi connectivity index (χ1v) is 7.93. The molecule has 2 rings (SSSR count). The summed E-state index contributed by atoms with van der Waals surface area (Å²) in [4.78, 5) is 13.1. The van der Waals surface area contributed by atoms with Gasteiger partial charge in [-0.15, -0.1) is 23.4 Å². The molecule has 0 aromatic heterocycles. The Morgan fingerprint density at radius 1 is 1.39 bits per heavy atom. The zero-order valence-corrected chi connectivity index (χ0v) is 12.1. The van der Waals surface area contributed by atoms with Gasteiger partial charge >= 0.3 is 0 Å². The van der Waals surface area contributed by atoms with Crippen LogP contribution < -0.4 is 5.32 Å². The summed E-state index contributed by atoms with van der Waals surface area (Å²) in [5.41, 5.74) is 1.02. The largest absolute Gasteiger partial charge is 0.351 e. The molecule has 2 nitrogen and oxygen atoms in total. The summed E-state index contributed by atoms with van der Waals surface area (Å²) < 4.78 is 0. The second-order valence-corrected chi connectivity index (χ2v) is 6.11. The number of rotatable bonds is 6. The molecule has 1 aromatic rings. The molecular weight excluding hydrogens is 266 g/mol. The summed E-state index contributed by atoms with van der Waals surface area (Å²) >= 11 is 7.45. The number of halogens is 1. The fourth-order valence-corrected chi connectivity index (χ4v) is 2.81. The van der Waals surface area contributed by atoms with Crippen molar-refractivity contribution in [3.05, 3.63) is 29.8 Å². The molecule has 1 aromatic carbocycles. The maximum absolute atomic E-state index is 12.0. The summed E-state index contributed by atoms with van der Waals surface area (Å²) in [6, 6.07) is 7.71. The monoisotopic (exact) mass is 283 g/mol. The molecule has 0 atom stereocenters. The third-order valence-corrected chi connectivity index (χ3v) is 4.49. The van der Waals surface area contributed by atoms with Crippen LogP contribution in [0, 0.1) is 5.41 Å². The Hall–Kier alpha value is -0.670. The van der Waals surface area contributed by atoms with E-state index in [1.54, 1.807) is 11.8 Å². The molecule has 1 aliphatic carbocycles. The Bertz CT molecular complexity index is 414. The molecule has 0 saturated heterocycles. The van der Waals surface area contributed by atoms with E-state index in [2.05, 4.69) is 5.32 Å². The third-order valence-electron chi connectivity index (χ3n) is 3.56. The number of hydrogen-bond acceptors (Lipinski definition) is 2. The number of amides is 1. The zero-order valence-electron chi connectivity index (χ0n) is 10.5. The van der Waals surface area contributed by atoms with Crippen LogP contribution in [0.4, 0.5) is 0 Å². The molecule has 1 aliphatic rings. The van der Waals surface area contributed by atoms with E-state index in [0.717, 1.165) is 18.5 Å². The predicted octanol–water partition coefficient (Wildman–Crippen LogP) is 3.55. The van der Waals surface area contributed by atoms with Gasteiger partial charge in [-0.05, 0) is 55.2 Å². The number of carbonyl (C=O) groups is 1. The van der Waals surface area contributed by atoms with Crippen molar-refractivity contribution in [2.24, 2.45) is 5.41 Å². The van der Waals surface area contributed by atoms with Crippen LogP contribution in [0.2, 0.25) is 0 Å². The lowest BCUT2D eigenvalue weighted by atomic mass is 10.0.